The molecule has 0 saturated carbocycles. The average molecular weight is 393 g/mol. The van der Waals surface area contributed by atoms with Crippen molar-refractivity contribution < 1.29 is 14.0 Å². The molecule has 7 nitrogen and oxygen atoms in total. The van der Waals surface area contributed by atoms with Crippen molar-refractivity contribution in [3.63, 3.8) is 0 Å². The fourth-order valence-corrected chi connectivity index (χ4v) is 3.44. The summed E-state index contributed by atoms with van der Waals surface area (Å²) in [5, 5.41) is 9.24. The van der Waals surface area contributed by atoms with Crippen molar-refractivity contribution in [2.75, 3.05) is 18.4 Å². The summed E-state index contributed by atoms with van der Waals surface area (Å²) in [7, 11) is 0. The molecule has 0 radical (unpaired) electrons. The zero-order valence-corrected chi connectivity index (χ0v) is 15.6. The predicted octanol–water partition coefficient (Wildman–Crippen LogP) is 3.22. The van der Waals surface area contributed by atoms with Crippen LogP contribution in [0.2, 0.25) is 0 Å². The number of carbonyl (C=O) groups is 2. The lowest BCUT2D eigenvalue weighted by atomic mass is 9.92. The van der Waals surface area contributed by atoms with Crippen molar-refractivity contribution in [2.24, 2.45) is 0 Å². The summed E-state index contributed by atoms with van der Waals surface area (Å²) in [5.74, 6) is -0.446. The van der Waals surface area contributed by atoms with E-state index in [1.807, 2.05) is 11.0 Å². The molecule has 2 aromatic heterocycles. The first-order valence-corrected chi connectivity index (χ1v) is 9.41. The van der Waals surface area contributed by atoms with Gasteiger partial charge in [0, 0.05) is 42.8 Å². The molecule has 1 saturated heterocycles. The topological polar surface area (TPSA) is 91.0 Å². The van der Waals surface area contributed by atoms with Crippen LogP contribution in [0.4, 0.5) is 10.1 Å². The summed E-state index contributed by atoms with van der Waals surface area (Å²) in [5.41, 5.74) is 2.37. The fourth-order valence-electron chi connectivity index (χ4n) is 3.44. The zero-order valence-electron chi connectivity index (χ0n) is 15.6. The van der Waals surface area contributed by atoms with Gasteiger partial charge in [0.25, 0.3) is 11.8 Å². The van der Waals surface area contributed by atoms with E-state index in [-0.39, 0.29) is 23.5 Å². The predicted molar refractivity (Wildman–Crippen MR) is 105 cm³/mol. The Kier molecular flexibility index (Phi) is 5.33. The number of aromatic nitrogens is 3. The third-order valence-corrected chi connectivity index (χ3v) is 5.08. The number of halogens is 1. The van der Waals surface area contributed by atoms with E-state index < -0.39 is 0 Å². The second-order valence-corrected chi connectivity index (χ2v) is 6.97. The van der Waals surface area contributed by atoms with E-state index in [9.17, 15) is 14.0 Å². The smallest absolute Gasteiger partial charge is 0.271 e. The molecule has 0 spiro atoms. The summed E-state index contributed by atoms with van der Waals surface area (Å²) in [6, 6.07) is 10.9. The molecule has 0 bridgehead atoms. The number of carbonyl (C=O) groups excluding carboxylic acids is 2. The van der Waals surface area contributed by atoms with E-state index in [2.05, 4.69) is 20.5 Å². The molecule has 2 amide bonds. The molecule has 3 heterocycles. The highest BCUT2D eigenvalue weighted by Gasteiger charge is 2.26. The molecule has 1 aliphatic heterocycles. The van der Waals surface area contributed by atoms with Crippen molar-refractivity contribution in [1.82, 2.24) is 20.1 Å². The molecular formula is C21H20FN5O2. The van der Waals surface area contributed by atoms with Crippen LogP contribution in [0.25, 0.3) is 0 Å². The third kappa shape index (κ3) is 4.31. The van der Waals surface area contributed by atoms with Gasteiger partial charge in [-0.2, -0.15) is 5.10 Å². The van der Waals surface area contributed by atoms with Crippen LogP contribution in [-0.4, -0.2) is 45.0 Å². The first-order valence-electron chi connectivity index (χ1n) is 9.41. The Hall–Kier alpha value is -3.55. The largest absolute Gasteiger partial charge is 0.337 e. The first kappa shape index (κ1) is 18.8. The molecule has 8 heteroatoms. The molecule has 1 fully saturated rings. The van der Waals surface area contributed by atoms with Gasteiger partial charge in [-0.1, -0.05) is 0 Å². The minimum atomic E-state index is -0.355. The zero-order chi connectivity index (χ0) is 20.2. The van der Waals surface area contributed by atoms with Gasteiger partial charge in [0.15, 0.2) is 0 Å². The van der Waals surface area contributed by atoms with Crippen LogP contribution < -0.4 is 5.32 Å². The number of rotatable bonds is 4. The molecular weight excluding hydrogens is 373 g/mol. The monoisotopic (exact) mass is 393 g/mol. The number of likely N-dealkylation sites (tertiary alicyclic amines) is 1. The van der Waals surface area contributed by atoms with Crippen molar-refractivity contribution >= 4 is 17.5 Å². The summed E-state index contributed by atoms with van der Waals surface area (Å²) >= 11 is 0. The highest BCUT2D eigenvalue weighted by Crippen LogP contribution is 2.27. The quantitative estimate of drug-likeness (QED) is 0.712. The van der Waals surface area contributed by atoms with E-state index in [0.717, 1.165) is 18.5 Å². The van der Waals surface area contributed by atoms with Gasteiger partial charge in [0.1, 0.15) is 11.5 Å². The Morgan fingerprint density at radius 3 is 2.45 bits per heavy atom. The van der Waals surface area contributed by atoms with Gasteiger partial charge in [0.05, 0.1) is 5.56 Å². The number of H-pyrrole nitrogens is 1. The van der Waals surface area contributed by atoms with Gasteiger partial charge in [0.2, 0.25) is 0 Å². The van der Waals surface area contributed by atoms with Crippen LogP contribution in [0.5, 0.6) is 0 Å². The Morgan fingerprint density at radius 1 is 1.07 bits per heavy atom. The van der Waals surface area contributed by atoms with Crippen LogP contribution in [0.3, 0.4) is 0 Å². The van der Waals surface area contributed by atoms with Crippen LogP contribution in [0.1, 0.15) is 45.3 Å². The van der Waals surface area contributed by atoms with Crippen LogP contribution in [0, 0.1) is 5.82 Å². The number of nitrogens with zero attached hydrogens (tertiary/aromatic N) is 3. The Labute approximate surface area is 167 Å². The summed E-state index contributed by atoms with van der Waals surface area (Å²) in [4.78, 5) is 31.0. The van der Waals surface area contributed by atoms with Crippen molar-refractivity contribution in [3.8, 4) is 0 Å². The average Bonchev–Trinajstić information content (AvgIpc) is 3.30. The summed E-state index contributed by atoms with van der Waals surface area (Å²) in [6.45, 7) is 1.30. The standard InChI is InChI=1S/C21H20FN5O2/c22-16-2-4-17(5-3-16)25-20(28)15-1-6-18(23-13-15)14-8-11-27(12-9-14)21(29)19-7-10-24-26-19/h1-7,10,13-14H,8-9,11-12H2,(H,24,26)(H,25,28). The number of pyridine rings is 1. The second kappa shape index (κ2) is 8.22. The molecule has 0 aliphatic carbocycles. The Balaban J connectivity index is 1.34. The highest BCUT2D eigenvalue weighted by molar-refractivity contribution is 6.04. The number of anilines is 1. The molecule has 148 valence electrons. The number of benzene rings is 1. The SMILES string of the molecule is O=C(Nc1ccc(F)cc1)c1ccc(C2CCN(C(=O)c3ccn[nH]3)CC2)nc1. The van der Waals surface area contributed by atoms with E-state index in [1.165, 1.54) is 24.3 Å². The van der Waals surface area contributed by atoms with Gasteiger partial charge < -0.3 is 10.2 Å². The van der Waals surface area contributed by atoms with Crippen molar-refractivity contribution in [1.29, 1.82) is 0 Å². The molecule has 0 atom stereocenters. The molecule has 1 aromatic carbocycles. The molecule has 2 N–H and O–H groups in total. The lowest BCUT2D eigenvalue weighted by Gasteiger charge is -2.31. The maximum absolute atomic E-state index is 13.0. The van der Waals surface area contributed by atoms with E-state index >= 15 is 0 Å². The number of nitrogens with one attached hydrogen (secondary N) is 2. The number of hydrogen-bond donors (Lipinski definition) is 2. The van der Waals surface area contributed by atoms with E-state index in [4.69, 9.17) is 0 Å². The van der Waals surface area contributed by atoms with Crippen LogP contribution in [-0.2, 0) is 0 Å². The Bertz CT molecular complexity index is 979. The lowest BCUT2D eigenvalue weighted by Crippen LogP contribution is -2.38. The Morgan fingerprint density at radius 2 is 1.83 bits per heavy atom. The first-order chi connectivity index (χ1) is 14.1. The number of amides is 2. The summed E-state index contributed by atoms with van der Waals surface area (Å²) < 4.78 is 13.0. The van der Waals surface area contributed by atoms with Gasteiger partial charge in [-0.25, -0.2) is 4.39 Å². The molecule has 29 heavy (non-hydrogen) atoms. The fraction of sp³-hybridized carbons (Fsp3) is 0.238. The molecule has 1 aliphatic rings. The van der Waals surface area contributed by atoms with E-state index in [0.29, 0.717) is 30.0 Å². The van der Waals surface area contributed by atoms with Gasteiger partial charge in [-0.3, -0.25) is 19.7 Å². The number of aromatic amines is 1. The normalized spacial score (nSPS) is 14.6. The minimum Gasteiger partial charge on any atom is -0.337 e. The van der Waals surface area contributed by atoms with Gasteiger partial charge in [-0.15, -0.1) is 0 Å². The lowest BCUT2D eigenvalue weighted by molar-refractivity contribution is 0.0706. The van der Waals surface area contributed by atoms with Crippen LogP contribution >= 0.6 is 0 Å². The summed E-state index contributed by atoms with van der Waals surface area (Å²) in [6.07, 6.45) is 4.75. The second-order valence-electron chi connectivity index (χ2n) is 6.97. The number of hydrogen-bond acceptors (Lipinski definition) is 4. The van der Waals surface area contributed by atoms with Crippen molar-refractivity contribution in [2.45, 2.75) is 18.8 Å². The maximum Gasteiger partial charge on any atom is 0.271 e. The van der Waals surface area contributed by atoms with Crippen LogP contribution in [0.15, 0.2) is 54.9 Å². The molecule has 0 unspecified atom stereocenters. The van der Waals surface area contributed by atoms with Crippen molar-refractivity contribution in [3.05, 3.63) is 77.6 Å². The van der Waals surface area contributed by atoms with Gasteiger partial charge in [-0.05, 0) is 55.3 Å². The highest BCUT2D eigenvalue weighted by atomic mass is 19.1. The minimum absolute atomic E-state index is 0.0401. The molecule has 4 rings (SSSR count). The molecule has 3 aromatic rings. The van der Waals surface area contributed by atoms with E-state index in [1.54, 1.807) is 24.5 Å². The number of piperidine rings is 1. The maximum atomic E-state index is 13.0. The van der Waals surface area contributed by atoms with Gasteiger partial charge >= 0.3 is 0 Å². The third-order valence-electron chi connectivity index (χ3n) is 5.08.